The molecule has 0 bridgehead atoms. The third-order valence-corrected chi connectivity index (χ3v) is 3.87. The second-order valence-corrected chi connectivity index (χ2v) is 5.83. The quantitative estimate of drug-likeness (QED) is 0.834. The molecule has 0 aliphatic carbocycles. The fourth-order valence-corrected chi connectivity index (χ4v) is 2.58. The van der Waals surface area contributed by atoms with Gasteiger partial charge in [-0.05, 0) is 31.0 Å². The Morgan fingerprint density at radius 2 is 2.35 bits per heavy atom. The van der Waals surface area contributed by atoms with Crippen molar-refractivity contribution in [1.29, 1.82) is 0 Å². The summed E-state index contributed by atoms with van der Waals surface area (Å²) in [4.78, 5) is 4.27. The molecule has 1 aliphatic heterocycles. The summed E-state index contributed by atoms with van der Waals surface area (Å²) in [5, 5.41) is 7.81. The normalized spacial score (nSPS) is 17.4. The average molecular weight is 338 g/mol. The van der Waals surface area contributed by atoms with Gasteiger partial charge in [-0.1, -0.05) is 23.7 Å². The molecule has 7 heteroatoms. The standard InChI is InChI=1S/C16H20ClN3O3/c1-2-16-19-15(20-23-16)9-18-13-8-11(17)5-6-14(13)22-10-12-4-3-7-21-12/h5-6,8,12,18H,2-4,7,9-10H2,1H3/t12-/m0/s1. The smallest absolute Gasteiger partial charge is 0.226 e. The maximum atomic E-state index is 6.08. The molecular weight excluding hydrogens is 318 g/mol. The Bertz CT molecular complexity index is 641. The van der Waals surface area contributed by atoms with Crippen LogP contribution in [0.1, 0.15) is 31.5 Å². The molecule has 1 aromatic carbocycles. The molecule has 1 fully saturated rings. The van der Waals surface area contributed by atoms with Gasteiger partial charge >= 0.3 is 0 Å². The molecule has 1 aliphatic rings. The van der Waals surface area contributed by atoms with Crippen molar-refractivity contribution in [1.82, 2.24) is 10.1 Å². The summed E-state index contributed by atoms with van der Waals surface area (Å²) in [6, 6.07) is 5.49. The Morgan fingerprint density at radius 3 is 3.09 bits per heavy atom. The molecule has 3 rings (SSSR count). The number of halogens is 1. The minimum atomic E-state index is 0.169. The largest absolute Gasteiger partial charge is 0.489 e. The van der Waals surface area contributed by atoms with E-state index in [-0.39, 0.29) is 6.10 Å². The zero-order valence-electron chi connectivity index (χ0n) is 13.0. The van der Waals surface area contributed by atoms with E-state index in [0.717, 1.165) is 37.3 Å². The first-order valence-electron chi connectivity index (χ1n) is 7.84. The van der Waals surface area contributed by atoms with E-state index < -0.39 is 0 Å². The zero-order valence-corrected chi connectivity index (χ0v) is 13.8. The van der Waals surface area contributed by atoms with Gasteiger partial charge in [0.1, 0.15) is 12.4 Å². The molecule has 6 nitrogen and oxygen atoms in total. The van der Waals surface area contributed by atoms with Gasteiger partial charge in [0, 0.05) is 18.1 Å². The van der Waals surface area contributed by atoms with Crippen LogP contribution in [-0.2, 0) is 17.7 Å². The fourth-order valence-electron chi connectivity index (χ4n) is 2.40. The summed E-state index contributed by atoms with van der Waals surface area (Å²) in [5.74, 6) is 1.97. The van der Waals surface area contributed by atoms with Gasteiger partial charge in [0.05, 0.1) is 18.3 Å². The molecular formula is C16H20ClN3O3. The van der Waals surface area contributed by atoms with Gasteiger partial charge in [-0.3, -0.25) is 0 Å². The summed E-state index contributed by atoms with van der Waals surface area (Å²) in [5.41, 5.74) is 0.804. The van der Waals surface area contributed by atoms with Crippen molar-refractivity contribution in [2.45, 2.75) is 38.8 Å². The van der Waals surface area contributed by atoms with Crippen molar-refractivity contribution < 1.29 is 14.0 Å². The van der Waals surface area contributed by atoms with Crippen LogP contribution in [0.25, 0.3) is 0 Å². The predicted molar refractivity (Wildman–Crippen MR) is 86.9 cm³/mol. The van der Waals surface area contributed by atoms with E-state index in [2.05, 4.69) is 15.5 Å². The van der Waals surface area contributed by atoms with E-state index in [9.17, 15) is 0 Å². The van der Waals surface area contributed by atoms with E-state index in [1.807, 2.05) is 19.1 Å². The first kappa shape index (κ1) is 16.1. The van der Waals surface area contributed by atoms with Crippen LogP contribution in [-0.4, -0.2) is 29.5 Å². The number of benzene rings is 1. The van der Waals surface area contributed by atoms with Gasteiger partial charge < -0.3 is 19.3 Å². The summed E-state index contributed by atoms with van der Waals surface area (Å²) >= 11 is 6.08. The number of aromatic nitrogens is 2. The van der Waals surface area contributed by atoms with Gasteiger partial charge in [0.15, 0.2) is 5.82 Å². The van der Waals surface area contributed by atoms with Crippen molar-refractivity contribution in [3.63, 3.8) is 0 Å². The first-order valence-corrected chi connectivity index (χ1v) is 8.21. The van der Waals surface area contributed by atoms with Crippen LogP contribution in [0, 0.1) is 0 Å². The molecule has 0 spiro atoms. The van der Waals surface area contributed by atoms with Crippen molar-refractivity contribution in [2.75, 3.05) is 18.5 Å². The summed E-state index contributed by atoms with van der Waals surface area (Å²) < 4.78 is 16.6. The molecule has 0 radical (unpaired) electrons. The highest BCUT2D eigenvalue weighted by Gasteiger charge is 2.17. The SMILES string of the molecule is CCc1nc(CNc2cc(Cl)ccc2OC[C@@H]2CCCO2)no1. The van der Waals surface area contributed by atoms with Crippen molar-refractivity contribution in [2.24, 2.45) is 0 Å². The van der Waals surface area contributed by atoms with Crippen molar-refractivity contribution in [3.05, 3.63) is 34.9 Å². The topological polar surface area (TPSA) is 69.4 Å². The van der Waals surface area contributed by atoms with Crippen LogP contribution in [0.3, 0.4) is 0 Å². The molecule has 0 amide bonds. The molecule has 1 aromatic heterocycles. The second kappa shape index (κ2) is 7.66. The lowest BCUT2D eigenvalue weighted by atomic mass is 10.2. The monoisotopic (exact) mass is 337 g/mol. The fraction of sp³-hybridized carbons (Fsp3) is 0.500. The predicted octanol–water partition coefficient (Wildman–Crippen LogP) is 3.46. The molecule has 124 valence electrons. The average Bonchev–Trinajstić information content (AvgIpc) is 3.23. The van der Waals surface area contributed by atoms with E-state index >= 15 is 0 Å². The minimum absolute atomic E-state index is 0.169. The number of ether oxygens (including phenoxy) is 2. The third-order valence-electron chi connectivity index (χ3n) is 3.64. The molecule has 0 unspecified atom stereocenters. The van der Waals surface area contributed by atoms with Gasteiger partial charge in [0.2, 0.25) is 5.89 Å². The summed E-state index contributed by atoms with van der Waals surface area (Å²) in [6.45, 7) is 3.77. The lowest BCUT2D eigenvalue weighted by Gasteiger charge is -2.15. The number of hydrogen-bond acceptors (Lipinski definition) is 6. The third kappa shape index (κ3) is 4.36. The van der Waals surface area contributed by atoms with Crippen LogP contribution in [0.15, 0.2) is 22.7 Å². The molecule has 2 heterocycles. The molecule has 1 saturated heterocycles. The van der Waals surface area contributed by atoms with Gasteiger partial charge in [0.25, 0.3) is 0 Å². The lowest BCUT2D eigenvalue weighted by Crippen LogP contribution is -2.17. The van der Waals surface area contributed by atoms with Gasteiger partial charge in [-0.2, -0.15) is 4.98 Å². The number of rotatable bonds is 7. The Kier molecular flexibility index (Phi) is 5.35. The Morgan fingerprint density at radius 1 is 1.43 bits per heavy atom. The van der Waals surface area contributed by atoms with Crippen LogP contribution in [0.4, 0.5) is 5.69 Å². The van der Waals surface area contributed by atoms with Gasteiger partial charge in [-0.15, -0.1) is 0 Å². The maximum absolute atomic E-state index is 6.08. The highest BCUT2D eigenvalue weighted by Crippen LogP contribution is 2.29. The number of aryl methyl sites for hydroxylation is 1. The number of anilines is 1. The van der Waals surface area contributed by atoms with Crippen LogP contribution in [0.2, 0.25) is 5.02 Å². The van der Waals surface area contributed by atoms with E-state index in [0.29, 0.717) is 29.9 Å². The van der Waals surface area contributed by atoms with Crippen LogP contribution in [0.5, 0.6) is 5.75 Å². The van der Waals surface area contributed by atoms with E-state index in [1.54, 1.807) is 6.07 Å². The molecule has 1 N–H and O–H groups in total. The van der Waals surface area contributed by atoms with Gasteiger partial charge in [-0.25, -0.2) is 0 Å². The van der Waals surface area contributed by atoms with Crippen LogP contribution < -0.4 is 10.1 Å². The highest BCUT2D eigenvalue weighted by atomic mass is 35.5. The first-order chi connectivity index (χ1) is 11.2. The Labute approximate surface area is 140 Å². The Balaban J connectivity index is 1.63. The molecule has 2 aromatic rings. The number of nitrogens with zero attached hydrogens (tertiary/aromatic N) is 2. The Hall–Kier alpha value is -1.79. The summed E-state index contributed by atoms with van der Waals surface area (Å²) in [6.07, 6.45) is 3.03. The molecule has 1 atom stereocenters. The molecule has 23 heavy (non-hydrogen) atoms. The van der Waals surface area contributed by atoms with Crippen molar-refractivity contribution >= 4 is 17.3 Å². The maximum Gasteiger partial charge on any atom is 0.226 e. The summed E-state index contributed by atoms with van der Waals surface area (Å²) in [7, 11) is 0. The minimum Gasteiger partial charge on any atom is -0.489 e. The number of nitrogens with one attached hydrogen (secondary N) is 1. The highest BCUT2D eigenvalue weighted by molar-refractivity contribution is 6.30. The lowest BCUT2D eigenvalue weighted by molar-refractivity contribution is 0.0682. The molecule has 0 saturated carbocycles. The zero-order chi connectivity index (χ0) is 16.1. The number of hydrogen-bond donors (Lipinski definition) is 1. The van der Waals surface area contributed by atoms with Crippen molar-refractivity contribution in [3.8, 4) is 5.75 Å². The van der Waals surface area contributed by atoms with Crippen LogP contribution >= 0.6 is 11.6 Å². The second-order valence-electron chi connectivity index (χ2n) is 5.40. The van der Waals surface area contributed by atoms with E-state index in [1.165, 1.54) is 0 Å². The van der Waals surface area contributed by atoms with E-state index in [4.69, 9.17) is 25.6 Å².